The molecule has 0 aromatic rings. The number of hydrogen-bond acceptors (Lipinski definition) is 3. The Bertz CT molecular complexity index is 171. The van der Waals surface area contributed by atoms with Gasteiger partial charge in [0.05, 0.1) is 0 Å². The van der Waals surface area contributed by atoms with Crippen molar-refractivity contribution in [2.24, 2.45) is 0 Å². The average molecular weight is 287 g/mol. The Morgan fingerprint density at radius 2 is 1.11 bits per heavy atom. The molecule has 0 heterocycles. The van der Waals surface area contributed by atoms with E-state index in [9.17, 15) is 0 Å². The first-order valence-electron chi connectivity index (χ1n) is 7.81. The summed E-state index contributed by atoms with van der Waals surface area (Å²) in [6, 6.07) is 1.11. The Morgan fingerprint density at radius 3 is 1.53 bits per heavy atom. The SMILES string of the molecule is CCOC(CCCCCCCC[Si])(OCC)OCC. The van der Waals surface area contributed by atoms with E-state index < -0.39 is 5.97 Å². The number of rotatable bonds is 14. The van der Waals surface area contributed by atoms with Gasteiger partial charge in [-0.2, -0.15) is 0 Å². The van der Waals surface area contributed by atoms with Crippen LogP contribution >= 0.6 is 0 Å². The summed E-state index contributed by atoms with van der Waals surface area (Å²) in [6.07, 6.45) is 8.32. The minimum absolute atomic E-state index is 0.616. The maximum Gasteiger partial charge on any atom is 0.282 e. The van der Waals surface area contributed by atoms with E-state index >= 15 is 0 Å². The molecule has 0 saturated carbocycles. The molecule has 0 aliphatic carbocycles. The van der Waals surface area contributed by atoms with Gasteiger partial charge in [-0.25, -0.2) is 0 Å². The van der Waals surface area contributed by atoms with Crippen LogP contribution in [0.15, 0.2) is 0 Å². The second-order valence-electron chi connectivity index (χ2n) is 4.60. The normalized spacial score (nSPS) is 12.0. The van der Waals surface area contributed by atoms with Crippen LogP contribution in [0.5, 0.6) is 0 Å². The summed E-state index contributed by atoms with van der Waals surface area (Å²) >= 11 is 0. The summed E-state index contributed by atoms with van der Waals surface area (Å²) in [7, 11) is 3.51. The molecular formula is C15H31O3Si. The highest BCUT2D eigenvalue weighted by Gasteiger charge is 2.31. The van der Waals surface area contributed by atoms with Gasteiger partial charge in [-0.05, 0) is 27.2 Å². The van der Waals surface area contributed by atoms with Gasteiger partial charge < -0.3 is 14.2 Å². The molecule has 0 aliphatic rings. The quantitative estimate of drug-likeness (QED) is 0.274. The van der Waals surface area contributed by atoms with Gasteiger partial charge in [0.2, 0.25) is 0 Å². The highest BCUT2D eigenvalue weighted by atomic mass is 28.1. The van der Waals surface area contributed by atoms with Crippen LogP contribution in [0.2, 0.25) is 6.04 Å². The summed E-state index contributed by atoms with van der Waals surface area (Å²) in [6.45, 7) is 7.79. The van der Waals surface area contributed by atoms with E-state index in [1.54, 1.807) is 0 Å². The summed E-state index contributed by atoms with van der Waals surface area (Å²) in [4.78, 5) is 0. The number of ether oxygens (including phenoxy) is 3. The van der Waals surface area contributed by atoms with Crippen molar-refractivity contribution in [2.75, 3.05) is 19.8 Å². The lowest BCUT2D eigenvalue weighted by Crippen LogP contribution is -2.39. The zero-order valence-electron chi connectivity index (χ0n) is 13.0. The molecule has 0 unspecified atom stereocenters. The van der Waals surface area contributed by atoms with E-state index in [0.29, 0.717) is 19.8 Å². The predicted octanol–water partition coefficient (Wildman–Crippen LogP) is 4.07. The van der Waals surface area contributed by atoms with Crippen molar-refractivity contribution in [1.82, 2.24) is 0 Å². The lowest BCUT2D eigenvalue weighted by molar-refractivity contribution is -0.380. The molecule has 3 nitrogen and oxygen atoms in total. The molecule has 0 N–H and O–H groups in total. The topological polar surface area (TPSA) is 27.7 Å². The fraction of sp³-hybridized carbons (Fsp3) is 1.00. The van der Waals surface area contributed by atoms with Crippen LogP contribution in [0.3, 0.4) is 0 Å². The Labute approximate surface area is 122 Å². The fourth-order valence-corrected chi connectivity index (χ4v) is 2.42. The third-order valence-electron chi connectivity index (χ3n) is 3.00. The van der Waals surface area contributed by atoms with Gasteiger partial charge in [-0.1, -0.05) is 38.1 Å². The molecule has 4 heteroatoms. The van der Waals surface area contributed by atoms with Crippen LogP contribution in [-0.4, -0.2) is 36.0 Å². The van der Waals surface area contributed by atoms with Crippen LogP contribution < -0.4 is 0 Å². The summed E-state index contributed by atoms with van der Waals surface area (Å²) in [5.74, 6) is -0.812. The van der Waals surface area contributed by atoms with Crippen molar-refractivity contribution in [1.29, 1.82) is 0 Å². The van der Waals surface area contributed by atoms with Gasteiger partial charge in [0.15, 0.2) is 0 Å². The fourth-order valence-electron chi connectivity index (χ4n) is 2.17. The third-order valence-corrected chi connectivity index (χ3v) is 3.36. The second-order valence-corrected chi connectivity index (χ2v) is 5.10. The van der Waals surface area contributed by atoms with Gasteiger partial charge in [-0.3, -0.25) is 0 Å². The highest BCUT2D eigenvalue weighted by molar-refractivity contribution is 6.08. The average Bonchev–Trinajstić information content (AvgIpc) is 2.39. The van der Waals surface area contributed by atoms with Crippen molar-refractivity contribution in [3.63, 3.8) is 0 Å². The number of hydrogen-bond donors (Lipinski definition) is 0. The minimum atomic E-state index is -0.812. The maximum absolute atomic E-state index is 5.70. The van der Waals surface area contributed by atoms with Crippen LogP contribution in [0.1, 0.15) is 65.7 Å². The first kappa shape index (κ1) is 19.1. The molecule has 113 valence electrons. The van der Waals surface area contributed by atoms with Gasteiger partial charge in [0.25, 0.3) is 5.97 Å². The second kappa shape index (κ2) is 13.1. The van der Waals surface area contributed by atoms with Crippen LogP contribution in [0, 0.1) is 0 Å². The molecular weight excluding hydrogens is 256 g/mol. The predicted molar refractivity (Wildman–Crippen MR) is 80.5 cm³/mol. The Kier molecular flexibility index (Phi) is 13.2. The summed E-state index contributed by atoms with van der Waals surface area (Å²) in [5.41, 5.74) is 0. The minimum Gasteiger partial charge on any atom is -0.328 e. The third kappa shape index (κ3) is 9.60. The van der Waals surface area contributed by atoms with Gasteiger partial charge in [0, 0.05) is 36.5 Å². The van der Waals surface area contributed by atoms with Crippen molar-refractivity contribution in [3.05, 3.63) is 0 Å². The summed E-state index contributed by atoms with van der Waals surface area (Å²) in [5, 5.41) is 0. The monoisotopic (exact) mass is 287 g/mol. The molecule has 0 spiro atoms. The zero-order chi connectivity index (χ0) is 14.4. The molecule has 0 atom stereocenters. The molecule has 0 rings (SSSR count). The van der Waals surface area contributed by atoms with Crippen molar-refractivity contribution < 1.29 is 14.2 Å². The van der Waals surface area contributed by atoms with E-state index in [-0.39, 0.29) is 0 Å². The molecule has 0 aromatic heterocycles. The molecule has 0 fully saturated rings. The largest absolute Gasteiger partial charge is 0.328 e. The Balaban J connectivity index is 3.89. The van der Waals surface area contributed by atoms with Gasteiger partial charge >= 0.3 is 0 Å². The van der Waals surface area contributed by atoms with Gasteiger partial charge in [0.1, 0.15) is 0 Å². The molecule has 0 amide bonds. The Morgan fingerprint density at radius 1 is 0.684 bits per heavy atom. The van der Waals surface area contributed by atoms with E-state index in [1.807, 2.05) is 20.8 Å². The van der Waals surface area contributed by atoms with Crippen LogP contribution in [0.4, 0.5) is 0 Å². The molecule has 0 aromatic carbocycles. The van der Waals surface area contributed by atoms with Crippen LogP contribution in [-0.2, 0) is 14.2 Å². The van der Waals surface area contributed by atoms with E-state index in [4.69, 9.17) is 14.2 Å². The van der Waals surface area contributed by atoms with E-state index in [2.05, 4.69) is 10.2 Å². The number of unbranched alkanes of at least 4 members (excludes halogenated alkanes) is 5. The molecule has 0 bridgehead atoms. The maximum atomic E-state index is 5.70. The van der Waals surface area contributed by atoms with Crippen molar-refractivity contribution in [3.8, 4) is 0 Å². The molecule has 0 saturated heterocycles. The smallest absolute Gasteiger partial charge is 0.282 e. The zero-order valence-corrected chi connectivity index (χ0v) is 14.0. The van der Waals surface area contributed by atoms with Gasteiger partial charge in [-0.15, -0.1) is 0 Å². The first-order valence-corrected chi connectivity index (χ1v) is 8.51. The standard InChI is InChI=1S/C15H31O3Si/c1-4-16-15(17-5-2,18-6-3)13-11-9-7-8-10-12-14-19/h4-14H2,1-3H3. The van der Waals surface area contributed by atoms with Crippen molar-refractivity contribution >= 4 is 10.2 Å². The lowest BCUT2D eigenvalue weighted by atomic mass is 10.1. The molecule has 19 heavy (non-hydrogen) atoms. The molecule has 3 radical (unpaired) electrons. The Hall–Kier alpha value is 0.0969. The first-order chi connectivity index (χ1) is 9.24. The van der Waals surface area contributed by atoms with E-state index in [0.717, 1.165) is 18.9 Å². The highest BCUT2D eigenvalue weighted by Crippen LogP contribution is 2.24. The van der Waals surface area contributed by atoms with Crippen LogP contribution in [0.25, 0.3) is 0 Å². The molecule has 0 aliphatic heterocycles. The van der Waals surface area contributed by atoms with Crippen molar-refractivity contribution in [2.45, 2.75) is 77.7 Å². The lowest BCUT2D eigenvalue weighted by Gasteiger charge is -2.32. The van der Waals surface area contributed by atoms with E-state index in [1.165, 1.54) is 32.1 Å². The summed E-state index contributed by atoms with van der Waals surface area (Å²) < 4.78 is 17.1.